The molecule has 0 aliphatic heterocycles. The zero-order chi connectivity index (χ0) is 17.6. The Morgan fingerprint density at radius 1 is 1.28 bits per heavy atom. The minimum atomic E-state index is -0.274. The minimum Gasteiger partial charge on any atom is -0.487 e. The van der Waals surface area contributed by atoms with Crippen LogP contribution < -0.4 is 10.1 Å². The van der Waals surface area contributed by atoms with Crippen molar-refractivity contribution in [1.82, 2.24) is 10.3 Å². The molecule has 0 radical (unpaired) electrons. The second kappa shape index (κ2) is 7.90. The van der Waals surface area contributed by atoms with E-state index < -0.39 is 0 Å². The van der Waals surface area contributed by atoms with E-state index in [1.165, 1.54) is 17.4 Å². The molecule has 0 unspecified atom stereocenters. The maximum absolute atomic E-state index is 13.5. The van der Waals surface area contributed by atoms with E-state index in [9.17, 15) is 9.18 Å². The molecule has 2 aromatic carbocycles. The highest BCUT2D eigenvalue weighted by Crippen LogP contribution is 2.16. The van der Waals surface area contributed by atoms with Crippen molar-refractivity contribution in [3.63, 3.8) is 0 Å². The van der Waals surface area contributed by atoms with Crippen molar-refractivity contribution in [2.45, 2.75) is 20.1 Å². The molecule has 0 saturated carbocycles. The molecule has 3 aromatic rings. The van der Waals surface area contributed by atoms with E-state index in [2.05, 4.69) is 10.3 Å². The van der Waals surface area contributed by atoms with Crippen LogP contribution in [0, 0.1) is 12.7 Å². The molecule has 1 heterocycles. The number of carbonyl (C=O) groups is 1. The van der Waals surface area contributed by atoms with Gasteiger partial charge in [0.15, 0.2) is 0 Å². The second-order valence-corrected chi connectivity index (χ2v) is 6.28. The largest absolute Gasteiger partial charge is 0.487 e. The number of nitrogens with one attached hydrogen (secondary N) is 1. The molecule has 1 N–H and O–H groups in total. The van der Waals surface area contributed by atoms with Gasteiger partial charge in [-0.25, -0.2) is 9.37 Å². The Labute approximate surface area is 149 Å². The van der Waals surface area contributed by atoms with Crippen LogP contribution in [0.3, 0.4) is 0 Å². The first kappa shape index (κ1) is 17.1. The highest BCUT2D eigenvalue weighted by Gasteiger charge is 2.08. The van der Waals surface area contributed by atoms with Crippen molar-refractivity contribution < 1.29 is 13.9 Å². The second-order valence-electron chi connectivity index (χ2n) is 5.56. The lowest BCUT2D eigenvalue weighted by Crippen LogP contribution is -2.22. The molecule has 0 fully saturated rings. The van der Waals surface area contributed by atoms with Crippen molar-refractivity contribution in [3.05, 3.63) is 81.6 Å². The zero-order valence-electron chi connectivity index (χ0n) is 13.7. The fraction of sp³-hybridized carbons (Fsp3) is 0.158. The third-order valence-electron chi connectivity index (χ3n) is 3.66. The number of rotatable bonds is 6. The number of thiazole rings is 1. The first-order chi connectivity index (χ1) is 12.1. The fourth-order valence-corrected chi connectivity index (χ4v) is 2.77. The third-order valence-corrected chi connectivity index (χ3v) is 4.29. The van der Waals surface area contributed by atoms with Gasteiger partial charge in [0.1, 0.15) is 18.2 Å². The number of hydrogen-bond donors (Lipinski definition) is 1. The summed E-state index contributed by atoms with van der Waals surface area (Å²) < 4.78 is 19.2. The van der Waals surface area contributed by atoms with E-state index in [4.69, 9.17) is 4.74 Å². The molecule has 0 spiro atoms. The summed E-state index contributed by atoms with van der Waals surface area (Å²) in [5.41, 5.74) is 4.38. The average molecular weight is 356 g/mol. The monoisotopic (exact) mass is 356 g/mol. The Balaban J connectivity index is 1.59. The van der Waals surface area contributed by atoms with Crippen molar-refractivity contribution in [1.29, 1.82) is 0 Å². The van der Waals surface area contributed by atoms with E-state index >= 15 is 0 Å². The van der Waals surface area contributed by atoms with Gasteiger partial charge in [0.2, 0.25) is 0 Å². The topological polar surface area (TPSA) is 51.2 Å². The normalized spacial score (nSPS) is 10.5. The SMILES string of the molecule is Cc1ccc(CNC(=O)c2cccc(OCc3cscn3)c2)cc1F. The fourth-order valence-electron chi connectivity index (χ4n) is 2.22. The smallest absolute Gasteiger partial charge is 0.251 e. The molecule has 25 heavy (non-hydrogen) atoms. The van der Waals surface area contributed by atoms with Crippen LogP contribution in [0.25, 0.3) is 0 Å². The van der Waals surface area contributed by atoms with Crippen molar-refractivity contribution in [2.24, 2.45) is 0 Å². The van der Waals surface area contributed by atoms with Gasteiger partial charge in [-0.15, -0.1) is 11.3 Å². The van der Waals surface area contributed by atoms with Gasteiger partial charge in [-0.2, -0.15) is 0 Å². The average Bonchev–Trinajstić information content (AvgIpc) is 3.14. The Morgan fingerprint density at radius 2 is 2.16 bits per heavy atom. The van der Waals surface area contributed by atoms with E-state index in [0.29, 0.717) is 29.0 Å². The molecular weight excluding hydrogens is 339 g/mol. The van der Waals surface area contributed by atoms with E-state index in [1.807, 2.05) is 5.38 Å². The molecule has 1 amide bonds. The summed E-state index contributed by atoms with van der Waals surface area (Å²) >= 11 is 1.51. The molecule has 0 saturated heterocycles. The van der Waals surface area contributed by atoms with Crippen LogP contribution in [0.5, 0.6) is 5.75 Å². The summed E-state index contributed by atoms with van der Waals surface area (Å²) in [7, 11) is 0. The van der Waals surface area contributed by atoms with Crippen molar-refractivity contribution in [3.8, 4) is 5.75 Å². The third kappa shape index (κ3) is 4.64. The maximum atomic E-state index is 13.5. The minimum absolute atomic E-state index is 0.236. The molecule has 0 atom stereocenters. The number of aromatic nitrogens is 1. The van der Waals surface area contributed by atoms with Gasteiger partial charge in [0, 0.05) is 17.5 Å². The van der Waals surface area contributed by atoms with Crippen LogP contribution in [-0.4, -0.2) is 10.9 Å². The predicted octanol–water partition coefficient (Wildman–Crippen LogP) is 4.10. The summed E-state index contributed by atoms with van der Waals surface area (Å²) in [4.78, 5) is 16.4. The Kier molecular flexibility index (Phi) is 5.40. The van der Waals surface area contributed by atoms with Crippen molar-refractivity contribution in [2.75, 3.05) is 0 Å². The number of hydrogen-bond acceptors (Lipinski definition) is 4. The van der Waals surface area contributed by atoms with Gasteiger partial charge in [-0.3, -0.25) is 4.79 Å². The number of carbonyl (C=O) groups excluding carboxylic acids is 1. The van der Waals surface area contributed by atoms with Crippen LogP contribution in [0.2, 0.25) is 0 Å². The molecule has 0 aliphatic rings. The summed E-state index contributed by atoms with van der Waals surface area (Å²) in [6, 6.07) is 11.9. The number of amides is 1. The summed E-state index contributed by atoms with van der Waals surface area (Å²) in [5.74, 6) is 0.0892. The van der Waals surface area contributed by atoms with Crippen LogP contribution >= 0.6 is 11.3 Å². The number of nitrogens with zero attached hydrogens (tertiary/aromatic N) is 1. The highest BCUT2D eigenvalue weighted by atomic mass is 32.1. The van der Waals surface area contributed by atoms with Gasteiger partial charge in [-0.1, -0.05) is 18.2 Å². The quantitative estimate of drug-likeness (QED) is 0.723. The maximum Gasteiger partial charge on any atom is 0.251 e. The van der Waals surface area contributed by atoms with Crippen LogP contribution in [0.4, 0.5) is 4.39 Å². The zero-order valence-corrected chi connectivity index (χ0v) is 14.5. The van der Waals surface area contributed by atoms with Gasteiger partial charge in [-0.05, 0) is 42.3 Å². The van der Waals surface area contributed by atoms with Gasteiger partial charge < -0.3 is 10.1 Å². The number of aryl methyl sites for hydroxylation is 1. The number of ether oxygens (including phenoxy) is 1. The van der Waals surface area contributed by atoms with Crippen LogP contribution in [-0.2, 0) is 13.2 Å². The molecule has 6 heteroatoms. The molecule has 0 aliphatic carbocycles. The summed E-state index contributed by atoms with van der Waals surface area (Å²) in [6.07, 6.45) is 0. The van der Waals surface area contributed by atoms with Crippen LogP contribution in [0.15, 0.2) is 53.4 Å². The standard InChI is InChI=1S/C19H17FN2O2S/c1-13-5-6-14(7-18(13)20)9-21-19(23)15-3-2-4-17(8-15)24-10-16-11-25-12-22-16/h2-8,11-12H,9-10H2,1H3,(H,21,23). The molecule has 1 aromatic heterocycles. The lowest BCUT2D eigenvalue weighted by Gasteiger charge is -2.09. The summed E-state index contributed by atoms with van der Waals surface area (Å²) in [5, 5.41) is 4.70. The Bertz CT molecular complexity index is 866. The molecule has 128 valence electrons. The highest BCUT2D eigenvalue weighted by molar-refractivity contribution is 7.07. The first-order valence-electron chi connectivity index (χ1n) is 7.75. The van der Waals surface area contributed by atoms with E-state index in [0.717, 1.165) is 5.69 Å². The Morgan fingerprint density at radius 3 is 2.92 bits per heavy atom. The molecule has 4 nitrogen and oxygen atoms in total. The lowest BCUT2D eigenvalue weighted by atomic mass is 10.1. The lowest BCUT2D eigenvalue weighted by molar-refractivity contribution is 0.0950. The van der Waals surface area contributed by atoms with Crippen molar-refractivity contribution >= 4 is 17.2 Å². The number of halogens is 1. The molecule has 3 rings (SSSR count). The molecular formula is C19H17FN2O2S. The Hall–Kier alpha value is -2.73. The van der Waals surface area contributed by atoms with E-state index in [-0.39, 0.29) is 18.3 Å². The first-order valence-corrected chi connectivity index (χ1v) is 8.69. The van der Waals surface area contributed by atoms with Gasteiger partial charge >= 0.3 is 0 Å². The summed E-state index contributed by atoms with van der Waals surface area (Å²) in [6.45, 7) is 2.33. The predicted molar refractivity (Wildman–Crippen MR) is 95.2 cm³/mol. The van der Waals surface area contributed by atoms with E-state index in [1.54, 1.807) is 48.8 Å². The van der Waals surface area contributed by atoms with Gasteiger partial charge in [0.25, 0.3) is 5.91 Å². The van der Waals surface area contributed by atoms with Crippen LogP contribution in [0.1, 0.15) is 27.2 Å². The molecule has 0 bridgehead atoms. The number of benzene rings is 2. The van der Waals surface area contributed by atoms with Gasteiger partial charge in [0.05, 0.1) is 11.2 Å².